The van der Waals surface area contributed by atoms with Crippen molar-refractivity contribution in [1.29, 1.82) is 0 Å². The zero-order valence-corrected chi connectivity index (χ0v) is 9.45. The van der Waals surface area contributed by atoms with Crippen LogP contribution in [0.15, 0.2) is 30.3 Å². The first-order valence-electron chi connectivity index (χ1n) is 5.81. The van der Waals surface area contributed by atoms with Gasteiger partial charge in [0.25, 0.3) is 0 Å². The van der Waals surface area contributed by atoms with Gasteiger partial charge in [0.2, 0.25) is 0 Å². The number of nitrogens with one attached hydrogen (secondary N) is 1. The zero-order valence-electron chi connectivity index (χ0n) is 9.45. The van der Waals surface area contributed by atoms with Gasteiger partial charge in [-0.3, -0.25) is 0 Å². The van der Waals surface area contributed by atoms with Gasteiger partial charge in [0.1, 0.15) is 0 Å². The minimum absolute atomic E-state index is 0.744. The van der Waals surface area contributed by atoms with E-state index in [-0.39, 0.29) is 0 Å². The van der Waals surface area contributed by atoms with Crippen LogP contribution in [0, 0.1) is 0 Å². The third-order valence-corrected chi connectivity index (χ3v) is 3.25. The molecule has 1 aromatic rings. The van der Waals surface area contributed by atoms with Crippen molar-refractivity contribution < 1.29 is 0 Å². The summed E-state index contributed by atoms with van der Waals surface area (Å²) in [7, 11) is 2.24. The maximum atomic E-state index is 3.41. The highest BCUT2D eigenvalue weighted by Gasteiger charge is 2.18. The summed E-state index contributed by atoms with van der Waals surface area (Å²) in [5.74, 6) is 0. The van der Waals surface area contributed by atoms with E-state index >= 15 is 0 Å². The SMILES string of the molecule is CN(CCc1ccccc1)C1CCNC1. The Morgan fingerprint density at radius 2 is 2.13 bits per heavy atom. The summed E-state index contributed by atoms with van der Waals surface area (Å²) in [5, 5.41) is 3.41. The van der Waals surface area contributed by atoms with Crippen molar-refractivity contribution in [2.24, 2.45) is 0 Å². The van der Waals surface area contributed by atoms with Crippen molar-refractivity contribution in [3.05, 3.63) is 35.9 Å². The maximum Gasteiger partial charge on any atom is 0.0229 e. The van der Waals surface area contributed by atoms with Crippen LogP contribution in [0.4, 0.5) is 0 Å². The molecule has 0 spiro atoms. The Hall–Kier alpha value is -0.860. The molecule has 0 aromatic heterocycles. The Kier molecular flexibility index (Phi) is 3.75. The molecular formula is C13H20N2. The van der Waals surface area contributed by atoms with Gasteiger partial charge in [-0.25, -0.2) is 0 Å². The van der Waals surface area contributed by atoms with Gasteiger partial charge in [-0.05, 0) is 32.0 Å². The molecule has 0 bridgehead atoms. The van der Waals surface area contributed by atoms with Gasteiger partial charge in [0, 0.05) is 19.1 Å². The largest absolute Gasteiger partial charge is 0.315 e. The predicted octanol–water partition coefficient (Wildman–Crippen LogP) is 1.52. The first-order chi connectivity index (χ1) is 7.36. The average Bonchev–Trinajstić information content (AvgIpc) is 2.81. The van der Waals surface area contributed by atoms with Gasteiger partial charge in [0.05, 0.1) is 0 Å². The third-order valence-electron chi connectivity index (χ3n) is 3.25. The highest BCUT2D eigenvalue weighted by atomic mass is 15.2. The molecule has 2 nitrogen and oxygen atoms in total. The number of benzene rings is 1. The van der Waals surface area contributed by atoms with E-state index in [0.717, 1.165) is 25.6 Å². The molecule has 2 heteroatoms. The minimum Gasteiger partial charge on any atom is -0.315 e. The molecule has 1 fully saturated rings. The molecule has 1 atom stereocenters. The molecule has 1 aliphatic heterocycles. The second kappa shape index (κ2) is 5.29. The lowest BCUT2D eigenvalue weighted by Gasteiger charge is -2.23. The molecule has 1 N–H and O–H groups in total. The van der Waals surface area contributed by atoms with Crippen LogP contribution in [0.2, 0.25) is 0 Å². The van der Waals surface area contributed by atoms with E-state index in [2.05, 4.69) is 47.6 Å². The summed E-state index contributed by atoms with van der Waals surface area (Å²) < 4.78 is 0. The van der Waals surface area contributed by atoms with Crippen molar-refractivity contribution in [2.45, 2.75) is 18.9 Å². The fraction of sp³-hybridized carbons (Fsp3) is 0.538. The summed E-state index contributed by atoms with van der Waals surface area (Å²) in [5.41, 5.74) is 1.44. The topological polar surface area (TPSA) is 15.3 Å². The van der Waals surface area contributed by atoms with Crippen molar-refractivity contribution in [3.8, 4) is 0 Å². The van der Waals surface area contributed by atoms with E-state index in [4.69, 9.17) is 0 Å². The summed E-state index contributed by atoms with van der Waals surface area (Å²) in [6.45, 7) is 3.50. The fourth-order valence-corrected chi connectivity index (χ4v) is 2.15. The molecule has 0 radical (unpaired) electrons. The van der Waals surface area contributed by atoms with E-state index in [1.807, 2.05) is 0 Å². The number of hydrogen-bond donors (Lipinski definition) is 1. The van der Waals surface area contributed by atoms with Crippen molar-refractivity contribution in [1.82, 2.24) is 10.2 Å². The third kappa shape index (κ3) is 3.05. The highest BCUT2D eigenvalue weighted by molar-refractivity contribution is 5.14. The van der Waals surface area contributed by atoms with Crippen molar-refractivity contribution >= 4 is 0 Å². The van der Waals surface area contributed by atoms with Crippen LogP contribution in [-0.4, -0.2) is 37.6 Å². The molecule has 1 unspecified atom stereocenters. The fourth-order valence-electron chi connectivity index (χ4n) is 2.15. The Morgan fingerprint density at radius 3 is 2.80 bits per heavy atom. The molecule has 2 rings (SSSR count). The Morgan fingerprint density at radius 1 is 1.33 bits per heavy atom. The summed E-state index contributed by atoms with van der Waals surface area (Å²) in [6.07, 6.45) is 2.46. The first-order valence-corrected chi connectivity index (χ1v) is 5.81. The van der Waals surface area contributed by atoms with E-state index in [0.29, 0.717) is 0 Å². The molecule has 82 valence electrons. The van der Waals surface area contributed by atoms with Crippen LogP contribution >= 0.6 is 0 Å². The number of rotatable bonds is 4. The molecule has 1 saturated heterocycles. The summed E-state index contributed by atoms with van der Waals surface area (Å²) in [4.78, 5) is 2.48. The Labute approximate surface area is 92.3 Å². The van der Waals surface area contributed by atoms with Crippen molar-refractivity contribution in [3.63, 3.8) is 0 Å². The first kappa shape index (κ1) is 10.7. The Bertz CT molecular complexity index is 278. The second-order valence-corrected chi connectivity index (χ2v) is 4.36. The van der Waals surface area contributed by atoms with Crippen LogP contribution in [-0.2, 0) is 6.42 Å². The van der Waals surface area contributed by atoms with E-state index in [1.165, 1.54) is 18.5 Å². The minimum atomic E-state index is 0.744. The smallest absolute Gasteiger partial charge is 0.0229 e. The molecule has 0 aliphatic carbocycles. The van der Waals surface area contributed by atoms with Gasteiger partial charge < -0.3 is 10.2 Å². The summed E-state index contributed by atoms with van der Waals surface area (Å²) in [6, 6.07) is 11.5. The monoisotopic (exact) mass is 204 g/mol. The lowest BCUT2D eigenvalue weighted by Crippen LogP contribution is -2.34. The van der Waals surface area contributed by atoms with E-state index < -0.39 is 0 Å². The number of likely N-dealkylation sites (N-methyl/N-ethyl adjacent to an activating group) is 1. The number of nitrogens with zero attached hydrogens (tertiary/aromatic N) is 1. The molecular weight excluding hydrogens is 184 g/mol. The van der Waals surface area contributed by atoms with Gasteiger partial charge in [0.15, 0.2) is 0 Å². The van der Waals surface area contributed by atoms with Gasteiger partial charge >= 0.3 is 0 Å². The highest BCUT2D eigenvalue weighted by Crippen LogP contribution is 2.07. The van der Waals surface area contributed by atoms with Crippen LogP contribution < -0.4 is 5.32 Å². The van der Waals surface area contributed by atoms with Gasteiger partial charge in [-0.2, -0.15) is 0 Å². The molecule has 15 heavy (non-hydrogen) atoms. The van der Waals surface area contributed by atoms with Crippen LogP contribution in [0.1, 0.15) is 12.0 Å². The predicted molar refractivity (Wildman–Crippen MR) is 64.1 cm³/mol. The quantitative estimate of drug-likeness (QED) is 0.800. The number of hydrogen-bond acceptors (Lipinski definition) is 2. The zero-order chi connectivity index (χ0) is 10.5. The molecule has 1 aliphatic rings. The lowest BCUT2D eigenvalue weighted by atomic mass is 10.1. The standard InChI is InChI=1S/C13H20N2/c1-15(13-7-9-14-11-13)10-8-12-5-3-2-4-6-12/h2-6,13-14H,7-11H2,1H3. The average molecular weight is 204 g/mol. The van der Waals surface area contributed by atoms with Crippen LogP contribution in [0.25, 0.3) is 0 Å². The Balaban J connectivity index is 1.77. The van der Waals surface area contributed by atoms with Crippen LogP contribution in [0.5, 0.6) is 0 Å². The molecule has 0 saturated carbocycles. The van der Waals surface area contributed by atoms with Crippen molar-refractivity contribution in [2.75, 3.05) is 26.7 Å². The van der Waals surface area contributed by atoms with E-state index in [9.17, 15) is 0 Å². The molecule has 1 aromatic carbocycles. The van der Waals surface area contributed by atoms with Gasteiger partial charge in [-0.15, -0.1) is 0 Å². The lowest BCUT2D eigenvalue weighted by molar-refractivity contribution is 0.260. The molecule has 0 amide bonds. The van der Waals surface area contributed by atoms with Crippen LogP contribution in [0.3, 0.4) is 0 Å². The second-order valence-electron chi connectivity index (χ2n) is 4.36. The maximum absolute atomic E-state index is 3.41. The van der Waals surface area contributed by atoms with E-state index in [1.54, 1.807) is 0 Å². The van der Waals surface area contributed by atoms with Gasteiger partial charge in [-0.1, -0.05) is 30.3 Å². The molecule has 1 heterocycles. The normalized spacial score (nSPS) is 21.1. The summed E-state index contributed by atoms with van der Waals surface area (Å²) >= 11 is 0.